The van der Waals surface area contributed by atoms with Crippen LogP contribution in [0.15, 0.2) is 30.6 Å². The molecule has 0 saturated heterocycles. The molecule has 2 aromatic rings. The first-order chi connectivity index (χ1) is 12.6. The van der Waals surface area contributed by atoms with E-state index in [1.54, 1.807) is 18.2 Å². The number of hydrogen-bond acceptors (Lipinski definition) is 6. The van der Waals surface area contributed by atoms with Crippen molar-refractivity contribution < 1.29 is 14.3 Å². The van der Waals surface area contributed by atoms with Gasteiger partial charge in [0.25, 0.3) is 5.91 Å². The van der Waals surface area contributed by atoms with Gasteiger partial charge in [-0.15, -0.1) is 5.10 Å². The van der Waals surface area contributed by atoms with Crippen LogP contribution in [0.5, 0.6) is 5.75 Å². The number of urea groups is 1. The zero-order valence-corrected chi connectivity index (χ0v) is 14.6. The SMILES string of the molecule is C[C@@H]1CCCC[C@H]1NC(=O)NC(=O)COc1cccc(-n2cnnn2)c1. The van der Waals surface area contributed by atoms with Crippen molar-refractivity contribution in [1.82, 2.24) is 30.8 Å². The molecule has 3 amide bonds. The van der Waals surface area contributed by atoms with Gasteiger partial charge in [-0.2, -0.15) is 0 Å². The third-order valence-corrected chi connectivity index (χ3v) is 4.48. The average Bonchev–Trinajstić information content (AvgIpc) is 3.17. The molecule has 2 N–H and O–H groups in total. The molecule has 9 nitrogen and oxygen atoms in total. The van der Waals surface area contributed by atoms with Gasteiger partial charge in [0.1, 0.15) is 12.1 Å². The summed E-state index contributed by atoms with van der Waals surface area (Å²) in [6.45, 7) is 1.86. The first-order valence-corrected chi connectivity index (χ1v) is 8.68. The summed E-state index contributed by atoms with van der Waals surface area (Å²) >= 11 is 0. The van der Waals surface area contributed by atoms with Gasteiger partial charge in [0.05, 0.1) is 5.69 Å². The van der Waals surface area contributed by atoms with Crippen LogP contribution in [0.3, 0.4) is 0 Å². The Morgan fingerprint density at radius 2 is 2.15 bits per heavy atom. The molecule has 1 aromatic heterocycles. The van der Waals surface area contributed by atoms with Crippen molar-refractivity contribution >= 4 is 11.9 Å². The van der Waals surface area contributed by atoms with Crippen LogP contribution in [-0.4, -0.2) is 44.8 Å². The molecule has 1 aliphatic rings. The van der Waals surface area contributed by atoms with Crippen molar-refractivity contribution in [1.29, 1.82) is 0 Å². The van der Waals surface area contributed by atoms with E-state index in [1.807, 2.05) is 6.07 Å². The number of nitrogens with zero attached hydrogens (tertiary/aromatic N) is 4. The van der Waals surface area contributed by atoms with E-state index in [9.17, 15) is 9.59 Å². The second-order valence-electron chi connectivity index (χ2n) is 6.43. The summed E-state index contributed by atoms with van der Waals surface area (Å²) in [4.78, 5) is 23.9. The van der Waals surface area contributed by atoms with E-state index in [2.05, 4.69) is 33.1 Å². The maximum absolute atomic E-state index is 12.0. The second-order valence-corrected chi connectivity index (χ2v) is 6.43. The first-order valence-electron chi connectivity index (χ1n) is 8.68. The van der Waals surface area contributed by atoms with Gasteiger partial charge in [-0.25, -0.2) is 9.48 Å². The van der Waals surface area contributed by atoms with Gasteiger partial charge in [0, 0.05) is 12.1 Å². The summed E-state index contributed by atoms with van der Waals surface area (Å²) in [5, 5.41) is 16.1. The fourth-order valence-electron chi connectivity index (χ4n) is 3.04. The normalized spacial score (nSPS) is 19.6. The highest BCUT2D eigenvalue weighted by atomic mass is 16.5. The zero-order valence-electron chi connectivity index (χ0n) is 14.6. The fourth-order valence-corrected chi connectivity index (χ4v) is 3.04. The number of aromatic nitrogens is 4. The van der Waals surface area contributed by atoms with Gasteiger partial charge >= 0.3 is 6.03 Å². The number of ether oxygens (including phenoxy) is 1. The minimum atomic E-state index is -0.501. The Morgan fingerprint density at radius 3 is 2.92 bits per heavy atom. The van der Waals surface area contributed by atoms with Gasteiger partial charge < -0.3 is 10.1 Å². The predicted octanol–water partition coefficient (Wildman–Crippen LogP) is 1.45. The van der Waals surface area contributed by atoms with E-state index >= 15 is 0 Å². The number of rotatable bonds is 5. The molecule has 0 unspecified atom stereocenters. The number of hydrogen-bond donors (Lipinski definition) is 2. The number of nitrogens with one attached hydrogen (secondary N) is 2. The number of tetrazole rings is 1. The minimum Gasteiger partial charge on any atom is -0.484 e. The summed E-state index contributed by atoms with van der Waals surface area (Å²) in [6.07, 6.45) is 5.80. The molecule has 26 heavy (non-hydrogen) atoms. The topological polar surface area (TPSA) is 111 Å². The Bertz CT molecular complexity index is 749. The van der Waals surface area contributed by atoms with E-state index in [1.165, 1.54) is 17.4 Å². The van der Waals surface area contributed by atoms with Crippen molar-refractivity contribution in [3.63, 3.8) is 0 Å². The summed E-state index contributed by atoms with van der Waals surface area (Å²) < 4.78 is 6.92. The zero-order chi connectivity index (χ0) is 18.4. The second kappa shape index (κ2) is 8.41. The van der Waals surface area contributed by atoms with Gasteiger partial charge in [-0.1, -0.05) is 25.8 Å². The standard InChI is InChI=1S/C17H22N6O3/c1-12-5-2-3-8-15(12)19-17(25)20-16(24)10-26-14-7-4-6-13(9-14)23-11-18-21-22-23/h4,6-7,9,11-12,15H,2-3,5,8,10H2,1H3,(H2,19,20,24,25)/t12-,15-/m1/s1. The molecular formula is C17H22N6O3. The number of benzene rings is 1. The molecule has 0 radical (unpaired) electrons. The molecule has 0 bridgehead atoms. The number of carbonyl (C=O) groups excluding carboxylic acids is 2. The first kappa shape index (κ1) is 17.8. The Kier molecular flexibility index (Phi) is 5.77. The van der Waals surface area contributed by atoms with Crippen LogP contribution in [0.2, 0.25) is 0 Å². The average molecular weight is 358 g/mol. The van der Waals surface area contributed by atoms with Gasteiger partial charge in [0.15, 0.2) is 6.61 Å². The highest BCUT2D eigenvalue weighted by molar-refractivity contribution is 5.95. The van der Waals surface area contributed by atoms with E-state index in [-0.39, 0.29) is 12.6 Å². The lowest BCUT2D eigenvalue weighted by molar-refractivity contribution is -0.122. The summed E-state index contributed by atoms with van der Waals surface area (Å²) in [5.74, 6) is 0.406. The number of carbonyl (C=O) groups is 2. The van der Waals surface area contributed by atoms with Crippen LogP contribution in [-0.2, 0) is 4.79 Å². The van der Waals surface area contributed by atoms with Crippen LogP contribution < -0.4 is 15.4 Å². The lowest BCUT2D eigenvalue weighted by atomic mass is 9.86. The summed E-state index contributed by atoms with van der Waals surface area (Å²) in [5.41, 5.74) is 0.705. The van der Waals surface area contributed by atoms with E-state index in [0.717, 1.165) is 19.3 Å². The van der Waals surface area contributed by atoms with Gasteiger partial charge in [-0.05, 0) is 41.3 Å². The van der Waals surface area contributed by atoms with Crippen LogP contribution in [0.25, 0.3) is 5.69 Å². The number of amides is 3. The van der Waals surface area contributed by atoms with Crippen LogP contribution in [0, 0.1) is 5.92 Å². The lowest BCUT2D eigenvalue weighted by Crippen LogP contribution is -2.48. The van der Waals surface area contributed by atoms with Crippen molar-refractivity contribution in [2.75, 3.05) is 6.61 Å². The summed E-state index contributed by atoms with van der Waals surface area (Å²) in [6, 6.07) is 6.63. The monoisotopic (exact) mass is 358 g/mol. The molecule has 1 aliphatic carbocycles. The van der Waals surface area contributed by atoms with Crippen molar-refractivity contribution in [2.45, 2.75) is 38.6 Å². The van der Waals surface area contributed by atoms with Crippen LogP contribution in [0.4, 0.5) is 4.79 Å². The molecule has 2 atom stereocenters. The predicted molar refractivity (Wildman–Crippen MR) is 92.7 cm³/mol. The van der Waals surface area contributed by atoms with E-state index in [4.69, 9.17) is 4.74 Å². The van der Waals surface area contributed by atoms with Gasteiger partial charge in [-0.3, -0.25) is 10.1 Å². The molecular weight excluding hydrogens is 336 g/mol. The Balaban J connectivity index is 1.46. The molecule has 1 aromatic carbocycles. The largest absolute Gasteiger partial charge is 0.484 e. The fraction of sp³-hybridized carbons (Fsp3) is 0.471. The molecule has 138 valence electrons. The van der Waals surface area contributed by atoms with Crippen molar-refractivity contribution in [3.05, 3.63) is 30.6 Å². The highest BCUT2D eigenvalue weighted by Crippen LogP contribution is 2.23. The van der Waals surface area contributed by atoms with E-state index < -0.39 is 11.9 Å². The highest BCUT2D eigenvalue weighted by Gasteiger charge is 2.23. The van der Waals surface area contributed by atoms with Crippen LogP contribution in [0.1, 0.15) is 32.6 Å². The lowest BCUT2D eigenvalue weighted by Gasteiger charge is -2.29. The third-order valence-electron chi connectivity index (χ3n) is 4.48. The smallest absolute Gasteiger partial charge is 0.321 e. The Labute approximate surface area is 151 Å². The Hall–Kier alpha value is -2.97. The van der Waals surface area contributed by atoms with Gasteiger partial charge in [0.2, 0.25) is 0 Å². The molecule has 9 heteroatoms. The van der Waals surface area contributed by atoms with E-state index in [0.29, 0.717) is 17.4 Å². The molecule has 1 heterocycles. The van der Waals surface area contributed by atoms with Crippen LogP contribution >= 0.6 is 0 Å². The molecule has 0 aliphatic heterocycles. The maximum atomic E-state index is 12.0. The van der Waals surface area contributed by atoms with Crippen molar-refractivity contribution in [3.8, 4) is 11.4 Å². The Morgan fingerprint density at radius 1 is 1.31 bits per heavy atom. The number of imide groups is 1. The van der Waals surface area contributed by atoms with Crippen molar-refractivity contribution in [2.24, 2.45) is 5.92 Å². The maximum Gasteiger partial charge on any atom is 0.321 e. The quantitative estimate of drug-likeness (QED) is 0.837. The molecule has 1 fully saturated rings. The minimum absolute atomic E-state index is 0.116. The molecule has 1 saturated carbocycles. The summed E-state index contributed by atoms with van der Waals surface area (Å²) in [7, 11) is 0. The third kappa shape index (κ3) is 4.78. The molecule has 3 rings (SSSR count). The molecule has 0 spiro atoms.